The maximum absolute atomic E-state index is 12.1. The molecular formula is C15H17NO3. The van der Waals surface area contributed by atoms with Crippen LogP contribution in [-0.2, 0) is 0 Å². The largest absolute Gasteiger partial charge is 0.495 e. The fourth-order valence-electron chi connectivity index (χ4n) is 1.98. The Hall–Kier alpha value is -2.23. The van der Waals surface area contributed by atoms with Crippen LogP contribution >= 0.6 is 0 Å². The second-order valence-electron chi connectivity index (χ2n) is 4.52. The van der Waals surface area contributed by atoms with E-state index in [9.17, 15) is 4.79 Å². The Morgan fingerprint density at radius 1 is 1.21 bits per heavy atom. The number of nitrogens with one attached hydrogen (secondary N) is 1. The quantitative estimate of drug-likeness (QED) is 0.918. The number of anilines is 1. The summed E-state index contributed by atoms with van der Waals surface area (Å²) in [5.41, 5.74) is 2.71. The molecule has 0 aliphatic heterocycles. The highest BCUT2D eigenvalue weighted by Gasteiger charge is 2.15. The van der Waals surface area contributed by atoms with Gasteiger partial charge in [-0.25, -0.2) is 0 Å². The first-order valence-corrected chi connectivity index (χ1v) is 6.04. The zero-order chi connectivity index (χ0) is 14.0. The number of benzene rings is 1. The molecule has 1 amide bonds. The number of carbonyl (C=O) groups excluding carboxylic acids is 1. The predicted octanol–water partition coefficient (Wildman–Crippen LogP) is 3.47. The molecule has 1 aromatic heterocycles. The van der Waals surface area contributed by atoms with E-state index in [4.69, 9.17) is 9.15 Å². The number of ether oxygens (including phenoxy) is 1. The Labute approximate surface area is 112 Å². The molecule has 0 radical (unpaired) electrons. The summed E-state index contributed by atoms with van der Waals surface area (Å²) < 4.78 is 10.6. The number of furan rings is 1. The van der Waals surface area contributed by atoms with Gasteiger partial charge in [0.15, 0.2) is 5.76 Å². The number of hydrogen-bond acceptors (Lipinski definition) is 3. The molecule has 19 heavy (non-hydrogen) atoms. The molecule has 0 saturated heterocycles. The Morgan fingerprint density at radius 3 is 2.53 bits per heavy atom. The van der Waals surface area contributed by atoms with Gasteiger partial charge in [-0.1, -0.05) is 6.07 Å². The van der Waals surface area contributed by atoms with E-state index in [2.05, 4.69) is 5.32 Å². The SMILES string of the molecule is COc1cc(C)cc(C)c1NC(=O)c1ccc(C)o1. The summed E-state index contributed by atoms with van der Waals surface area (Å²) in [4.78, 5) is 12.1. The maximum atomic E-state index is 12.1. The van der Waals surface area contributed by atoms with Crippen molar-refractivity contribution in [3.8, 4) is 5.75 Å². The number of hydrogen-bond donors (Lipinski definition) is 1. The summed E-state index contributed by atoms with van der Waals surface area (Å²) in [6, 6.07) is 7.29. The molecule has 4 nitrogen and oxygen atoms in total. The zero-order valence-corrected chi connectivity index (χ0v) is 11.5. The lowest BCUT2D eigenvalue weighted by Gasteiger charge is -2.13. The molecule has 1 heterocycles. The fraction of sp³-hybridized carbons (Fsp3) is 0.267. The van der Waals surface area contributed by atoms with Crippen molar-refractivity contribution in [1.29, 1.82) is 0 Å². The van der Waals surface area contributed by atoms with Gasteiger partial charge in [0.25, 0.3) is 5.91 Å². The molecule has 0 aliphatic rings. The number of methoxy groups -OCH3 is 1. The molecule has 0 spiro atoms. The van der Waals surface area contributed by atoms with Crippen molar-refractivity contribution in [2.24, 2.45) is 0 Å². The van der Waals surface area contributed by atoms with Crippen molar-refractivity contribution < 1.29 is 13.9 Å². The smallest absolute Gasteiger partial charge is 0.291 e. The van der Waals surface area contributed by atoms with E-state index >= 15 is 0 Å². The molecule has 0 aliphatic carbocycles. The molecule has 2 rings (SSSR count). The number of carbonyl (C=O) groups is 1. The number of rotatable bonds is 3. The summed E-state index contributed by atoms with van der Waals surface area (Å²) in [5.74, 6) is 1.37. The van der Waals surface area contributed by atoms with Crippen molar-refractivity contribution in [3.63, 3.8) is 0 Å². The summed E-state index contributed by atoms with van der Waals surface area (Å²) >= 11 is 0. The molecule has 2 aromatic rings. The molecule has 0 bridgehead atoms. The van der Waals surface area contributed by atoms with Crippen molar-refractivity contribution in [2.75, 3.05) is 12.4 Å². The zero-order valence-electron chi connectivity index (χ0n) is 11.5. The number of aryl methyl sites for hydroxylation is 3. The van der Waals surface area contributed by atoms with E-state index in [-0.39, 0.29) is 5.91 Å². The Kier molecular flexibility index (Phi) is 3.60. The van der Waals surface area contributed by atoms with E-state index < -0.39 is 0 Å². The van der Waals surface area contributed by atoms with Crippen LogP contribution in [0.3, 0.4) is 0 Å². The van der Waals surface area contributed by atoms with Crippen molar-refractivity contribution in [1.82, 2.24) is 0 Å². The topological polar surface area (TPSA) is 51.5 Å². The van der Waals surface area contributed by atoms with E-state index in [1.807, 2.05) is 26.0 Å². The first-order chi connectivity index (χ1) is 9.01. The van der Waals surface area contributed by atoms with Gasteiger partial charge in [0, 0.05) is 0 Å². The van der Waals surface area contributed by atoms with E-state index in [0.717, 1.165) is 11.1 Å². The van der Waals surface area contributed by atoms with Crippen LogP contribution in [0.1, 0.15) is 27.4 Å². The highest BCUT2D eigenvalue weighted by molar-refractivity contribution is 6.03. The predicted molar refractivity (Wildman–Crippen MR) is 73.9 cm³/mol. The van der Waals surface area contributed by atoms with Gasteiger partial charge >= 0.3 is 0 Å². The van der Waals surface area contributed by atoms with E-state index in [1.165, 1.54) is 0 Å². The summed E-state index contributed by atoms with van der Waals surface area (Å²) in [5, 5.41) is 2.83. The van der Waals surface area contributed by atoms with Crippen LogP contribution < -0.4 is 10.1 Å². The Bertz CT molecular complexity index is 614. The van der Waals surface area contributed by atoms with Gasteiger partial charge in [-0.05, 0) is 50.1 Å². The first-order valence-electron chi connectivity index (χ1n) is 6.04. The molecule has 0 unspecified atom stereocenters. The lowest BCUT2D eigenvalue weighted by Crippen LogP contribution is -2.13. The van der Waals surface area contributed by atoms with Gasteiger partial charge in [0.2, 0.25) is 0 Å². The molecule has 1 aromatic carbocycles. The molecule has 1 N–H and O–H groups in total. The molecule has 0 atom stereocenters. The minimum absolute atomic E-state index is 0.279. The lowest BCUT2D eigenvalue weighted by molar-refractivity contribution is 0.0995. The summed E-state index contributed by atoms with van der Waals surface area (Å²) in [6.45, 7) is 5.71. The van der Waals surface area contributed by atoms with Crippen LogP contribution in [0.4, 0.5) is 5.69 Å². The van der Waals surface area contributed by atoms with Crippen LogP contribution in [0.15, 0.2) is 28.7 Å². The van der Waals surface area contributed by atoms with Gasteiger partial charge < -0.3 is 14.5 Å². The van der Waals surface area contributed by atoms with Crippen molar-refractivity contribution in [2.45, 2.75) is 20.8 Å². The molecule has 0 fully saturated rings. The second kappa shape index (κ2) is 5.18. The van der Waals surface area contributed by atoms with Crippen LogP contribution in [0.2, 0.25) is 0 Å². The average Bonchev–Trinajstić information content (AvgIpc) is 2.78. The third-order valence-electron chi connectivity index (χ3n) is 2.87. The molecule has 4 heteroatoms. The molecule has 0 saturated carbocycles. The Morgan fingerprint density at radius 2 is 1.95 bits per heavy atom. The molecular weight excluding hydrogens is 242 g/mol. The van der Waals surface area contributed by atoms with Gasteiger partial charge in [-0.15, -0.1) is 0 Å². The number of amides is 1. The monoisotopic (exact) mass is 259 g/mol. The van der Waals surface area contributed by atoms with Crippen LogP contribution in [0, 0.1) is 20.8 Å². The highest BCUT2D eigenvalue weighted by Crippen LogP contribution is 2.30. The highest BCUT2D eigenvalue weighted by atomic mass is 16.5. The lowest BCUT2D eigenvalue weighted by atomic mass is 10.1. The maximum Gasteiger partial charge on any atom is 0.291 e. The van der Waals surface area contributed by atoms with Crippen molar-refractivity contribution >= 4 is 11.6 Å². The average molecular weight is 259 g/mol. The van der Waals surface area contributed by atoms with Crippen LogP contribution in [-0.4, -0.2) is 13.0 Å². The minimum Gasteiger partial charge on any atom is -0.495 e. The minimum atomic E-state index is -0.279. The third kappa shape index (κ3) is 2.78. The van der Waals surface area contributed by atoms with Crippen molar-refractivity contribution in [3.05, 3.63) is 46.9 Å². The van der Waals surface area contributed by atoms with Gasteiger partial charge in [-0.3, -0.25) is 4.79 Å². The fourth-order valence-corrected chi connectivity index (χ4v) is 1.98. The standard InChI is InChI=1S/C15H17NO3/c1-9-7-10(2)14(13(8-9)18-4)16-15(17)12-6-5-11(3)19-12/h5-8H,1-4H3,(H,16,17). The first kappa shape index (κ1) is 13.2. The van der Waals surface area contributed by atoms with Gasteiger partial charge in [0.1, 0.15) is 11.5 Å². The summed E-state index contributed by atoms with van der Waals surface area (Å²) in [6.07, 6.45) is 0. The van der Waals surface area contributed by atoms with Crippen LogP contribution in [0.25, 0.3) is 0 Å². The van der Waals surface area contributed by atoms with Gasteiger partial charge in [0.05, 0.1) is 12.8 Å². The van der Waals surface area contributed by atoms with Gasteiger partial charge in [-0.2, -0.15) is 0 Å². The Balaban J connectivity index is 2.31. The summed E-state index contributed by atoms with van der Waals surface area (Å²) in [7, 11) is 1.58. The molecule has 100 valence electrons. The third-order valence-corrected chi connectivity index (χ3v) is 2.87. The van der Waals surface area contributed by atoms with E-state index in [0.29, 0.717) is 23.0 Å². The normalized spacial score (nSPS) is 10.3. The second-order valence-corrected chi connectivity index (χ2v) is 4.52. The van der Waals surface area contributed by atoms with Crippen LogP contribution in [0.5, 0.6) is 5.75 Å². The van der Waals surface area contributed by atoms with E-state index in [1.54, 1.807) is 26.2 Å².